The van der Waals surface area contributed by atoms with Gasteiger partial charge in [-0.05, 0) is 37.1 Å². The molecule has 0 aliphatic carbocycles. The molecule has 4 nitrogen and oxygen atoms in total. The number of phenolic OH excluding ortho intramolecular Hbond substituents is 2. The first-order chi connectivity index (χ1) is 11.7. The van der Waals surface area contributed by atoms with Crippen LogP contribution in [0.25, 0.3) is 0 Å². The maximum Gasteiger partial charge on any atom is 0.124 e. The summed E-state index contributed by atoms with van der Waals surface area (Å²) >= 11 is 0. The lowest BCUT2D eigenvalue weighted by atomic mass is 10.0. The van der Waals surface area contributed by atoms with Crippen LogP contribution >= 0.6 is 0 Å². The quantitative estimate of drug-likeness (QED) is 0.562. The fourth-order valence-corrected chi connectivity index (χ4v) is 2.51. The van der Waals surface area contributed by atoms with Crippen LogP contribution in [0.15, 0.2) is 58.7 Å². The molecule has 0 amide bonds. The first kappa shape index (κ1) is 17.7. The molecule has 0 radical (unpaired) electrons. The molecular formula is C20H24N2O2. The van der Waals surface area contributed by atoms with Crippen LogP contribution in [0.4, 0.5) is 0 Å². The Morgan fingerprint density at radius 2 is 1.08 bits per heavy atom. The van der Waals surface area contributed by atoms with Crippen LogP contribution in [-0.4, -0.2) is 21.6 Å². The van der Waals surface area contributed by atoms with Gasteiger partial charge in [-0.15, -0.1) is 0 Å². The maximum absolute atomic E-state index is 10.1. The van der Waals surface area contributed by atoms with Crippen molar-refractivity contribution in [3.8, 4) is 11.5 Å². The Kier molecular flexibility index (Phi) is 6.55. The van der Waals surface area contributed by atoms with Crippen molar-refractivity contribution in [2.24, 2.45) is 10.2 Å². The molecule has 0 bridgehead atoms. The predicted octanol–water partition coefficient (Wildman–Crippen LogP) is 4.89. The molecule has 0 heterocycles. The highest BCUT2D eigenvalue weighted by Gasteiger charge is 2.10. The standard InChI is InChI=1S/C20H24N2O2/c1-3-9-17(15-11-5-7-13-19(15)23)21-22-18(10-4-2)16-12-6-8-14-20(16)24/h5-8,11-14,23-24H,3-4,9-10H2,1-2H3/b21-17-,22-18+. The fraction of sp³-hybridized carbons (Fsp3) is 0.300. The van der Waals surface area contributed by atoms with Crippen molar-refractivity contribution in [1.29, 1.82) is 0 Å². The van der Waals surface area contributed by atoms with E-state index in [1.54, 1.807) is 24.3 Å². The molecule has 2 rings (SSSR count). The average molecular weight is 324 g/mol. The second-order valence-corrected chi connectivity index (χ2v) is 5.63. The Morgan fingerprint density at radius 1 is 0.708 bits per heavy atom. The van der Waals surface area contributed by atoms with E-state index in [2.05, 4.69) is 24.1 Å². The summed E-state index contributed by atoms with van der Waals surface area (Å²) in [6.45, 7) is 4.13. The monoisotopic (exact) mass is 324 g/mol. The van der Waals surface area contributed by atoms with Gasteiger partial charge in [0.1, 0.15) is 11.5 Å². The van der Waals surface area contributed by atoms with Crippen molar-refractivity contribution >= 4 is 11.4 Å². The molecule has 0 saturated carbocycles. The highest BCUT2D eigenvalue weighted by atomic mass is 16.3. The Hall–Kier alpha value is -2.62. The first-order valence-electron chi connectivity index (χ1n) is 8.37. The van der Waals surface area contributed by atoms with Crippen LogP contribution in [0, 0.1) is 0 Å². The van der Waals surface area contributed by atoms with Crippen LogP contribution in [-0.2, 0) is 0 Å². The van der Waals surface area contributed by atoms with Crippen LogP contribution < -0.4 is 0 Å². The number of hydrogen-bond acceptors (Lipinski definition) is 4. The van der Waals surface area contributed by atoms with Gasteiger partial charge in [-0.3, -0.25) is 0 Å². The number of benzene rings is 2. The molecular weight excluding hydrogens is 300 g/mol. The second-order valence-electron chi connectivity index (χ2n) is 5.63. The zero-order chi connectivity index (χ0) is 17.4. The average Bonchev–Trinajstić information content (AvgIpc) is 2.59. The molecule has 0 unspecified atom stereocenters. The minimum atomic E-state index is 0.208. The van der Waals surface area contributed by atoms with Crippen LogP contribution in [0.1, 0.15) is 50.7 Å². The molecule has 0 saturated heterocycles. The summed E-state index contributed by atoms with van der Waals surface area (Å²) in [7, 11) is 0. The summed E-state index contributed by atoms with van der Waals surface area (Å²) in [6, 6.07) is 14.3. The van der Waals surface area contributed by atoms with Crippen LogP contribution in [0.2, 0.25) is 0 Å². The largest absolute Gasteiger partial charge is 0.507 e. The highest BCUT2D eigenvalue weighted by Crippen LogP contribution is 2.21. The van der Waals surface area contributed by atoms with Crippen LogP contribution in [0.5, 0.6) is 11.5 Å². The summed E-state index contributed by atoms with van der Waals surface area (Å²) in [5.41, 5.74) is 2.91. The van der Waals surface area contributed by atoms with Gasteiger partial charge in [0.25, 0.3) is 0 Å². The molecule has 0 aromatic heterocycles. The van der Waals surface area contributed by atoms with Gasteiger partial charge >= 0.3 is 0 Å². The van der Waals surface area contributed by atoms with Gasteiger partial charge in [0.05, 0.1) is 11.4 Å². The molecule has 0 fully saturated rings. The Bertz CT molecular complexity index is 672. The second kappa shape index (κ2) is 8.87. The number of rotatable bonds is 7. The van der Waals surface area contributed by atoms with E-state index in [9.17, 15) is 10.2 Å². The van der Waals surface area contributed by atoms with Gasteiger partial charge in [0, 0.05) is 11.1 Å². The van der Waals surface area contributed by atoms with Crippen molar-refractivity contribution in [2.75, 3.05) is 0 Å². The van der Waals surface area contributed by atoms with Crippen molar-refractivity contribution < 1.29 is 10.2 Å². The first-order valence-corrected chi connectivity index (χ1v) is 8.37. The van der Waals surface area contributed by atoms with E-state index in [0.717, 1.165) is 37.1 Å². The zero-order valence-electron chi connectivity index (χ0n) is 14.2. The van der Waals surface area contributed by atoms with E-state index in [1.165, 1.54) is 0 Å². The molecule has 0 aliphatic heterocycles. The Labute approximate surface area is 143 Å². The van der Waals surface area contributed by atoms with Crippen molar-refractivity contribution in [3.05, 3.63) is 59.7 Å². The number of phenols is 2. The molecule has 2 aromatic rings. The zero-order valence-corrected chi connectivity index (χ0v) is 14.2. The van der Waals surface area contributed by atoms with Crippen molar-refractivity contribution in [3.63, 3.8) is 0 Å². The van der Waals surface area contributed by atoms with Crippen molar-refractivity contribution in [2.45, 2.75) is 39.5 Å². The summed E-state index contributed by atoms with van der Waals surface area (Å²) in [5, 5.41) is 29.0. The molecule has 126 valence electrons. The van der Waals surface area contributed by atoms with E-state index in [4.69, 9.17) is 0 Å². The van der Waals surface area contributed by atoms with Gasteiger partial charge in [0.15, 0.2) is 0 Å². The number of aromatic hydroxyl groups is 2. The smallest absolute Gasteiger partial charge is 0.124 e. The third-order valence-corrected chi connectivity index (χ3v) is 3.69. The lowest BCUT2D eigenvalue weighted by molar-refractivity contribution is 0.473. The summed E-state index contributed by atoms with van der Waals surface area (Å²) < 4.78 is 0. The third kappa shape index (κ3) is 4.44. The molecule has 2 N–H and O–H groups in total. The minimum Gasteiger partial charge on any atom is -0.507 e. The highest BCUT2D eigenvalue weighted by molar-refractivity contribution is 6.05. The Morgan fingerprint density at radius 3 is 1.42 bits per heavy atom. The van der Waals surface area contributed by atoms with E-state index < -0.39 is 0 Å². The van der Waals surface area contributed by atoms with E-state index >= 15 is 0 Å². The number of hydrogen-bond donors (Lipinski definition) is 2. The molecule has 24 heavy (non-hydrogen) atoms. The predicted molar refractivity (Wildman–Crippen MR) is 99.1 cm³/mol. The van der Waals surface area contributed by atoms with E-state index in [0.29, 0.717) is 11.1 Å². The number of para-hydroxylation sites is 2. The molecule has 0 spiro atoms. The van der Waals surface area contributed by atoms with E-state index in [-0.39, 0.29) is 11.5 Å². The molecule has 4 heteroatoms. The Balaban J connectivity index is 2.44. The molecule has 2 aromatic carbocycles. The maximum atomic E-state index is 10.1. The lowest BCUT2D eigenvalue weighted by Gasteiger charge is -2.08. The third-order valence-electron chi connectivity index (χ3n) is 3.69. The van der Waals surface area contributed by atoms with Gasteiger partial charge < -0.3 is 10.2 Å². The van der Waals surface area contributed by atoms with Gasteiger partial charge in [0.2, 0.25) is 0 Å². The van der Waals surface area contributed by atoms with Gasteiger partial charge in [-0.25, -0.2) is 0 Å². The summed E-state index contributed by atoms with van der Waals surface area (Å²) in [6.07, 6.45) is 3.26. The lowest BCUT2D eigenvalue weighted by Crippen LogP contribution is -2.04. The van der Waals surface area contributed by atoms with Gasteiger partial charge in [-0.1, -0.05) is 51.0 Å². The fourth-order valence-electron chi connectivity index (χ4n) is 2.51. The van der Waals surface area contributed by atoms with Crippen LogP contribution in [0.3, 0.4) is 0 Å². The van der Waals surface area contributed by atoms with Crippen molar-refractivity contribution in [1.82, 2.24) is 0 Å². The minimum absolute atomic E-state index is 0.208. The molecule has 0 atom stereocenters. The summed E-state index contributed by atoms with van der Waals surface area (Å²) in [4.78, 5) is 0. The normalized spacial score (nSPS) is 12.4. The topological polar surface area (TPSA) is 65.2 Å². The summed E-state index contributed by atoms with van der Waals surface area (Å²) in [5.74, 6) is 0.416. The number of nitrogens with zero attached hydrogens (tertiary/aromatic N) is 2. The van der Waals surface area contributed by atoms with E-state index in [1.807, 2.05) is 24.3 Å². The molecule has 0 aliphatic rings. The SMILES string of the molecule is CCC/C(=N/N=C(\CCC)c1ccccc1O)c1ccccc1O. The van der Waals surface area contributed by atoms with Gasteiger partial charge in [-0.2, -0.15) is 10.2 Å².